The average Bonchev–Trinajstić information content (AvgIpc) is 3.69. The lowest BCUT2D eigenvalue weighted by molar-refractivity contribution is -0.127. The van der Waals surface area contributed by atoms with Gasteiger partial charge in [-0.05, 0) is 96.1 Å². The Kier molecular flexibility index (Phi) is 10.4. The van der Waals surface area contributed by atoms with Crippen LogP contribution in [0.15, 0.2) is 121 Å². The third-order valence-electron chi connectivity index (χ3n) is 13.0. The molecule has 2 aliphatic heterocycles. The molecule has 3 fully saturated rings. The Labute approximate surface area is 363 Å². The van der Waals surface area contributed by atoms with Crippen molar-refractivity contribution in [2.24, 2.45) is 23.7 Å². The van der Waals surface area contributed by atoms with E-state index in [1.54, 1.807) is 62.8 Å². The standard InChI is InChI=1S/C50H43ClN2O9/c1-59-35-19-22-40(60-2)29(23-35)16-13-28-14-17-33(18-15-28)52-46(55)37-21-20-36-38(43(37)48(52)57)27-39-47(56)53(34-12-8-11-32(51)26-34)49(58)50(39,31-9-6-5-7-10-31)44(36)30-24-41(61-3)45(54)42(25-30)62-4/h5-20,22-26,37-39,43-44,54H,21,27H2,1-4H3. The van der Waals surface area contributed by atoms with E-state index in [4.69, 9.17) is 30.5 Å². The number of phenolic OH excluding ortho intramolecular Hbond substituents is 1. The van der Waals surface area contributed by atoms with Gasteiger partial charge in [0.1, 0.15) is 11.5 Å². The second kappa shape index (κ2) is 15.9. The van der Waals surface area contributed by atoms with Gasteiger partial charge in [0.25, 0.3) is 0 Å². The van der Waals surface area contributed by atoms with Crippen molar-refractivity contribution < 1.29 is 43.2 Å². The zero-order chi connectivity index (χ0) is 43.4. The van der Waals surface area contributed by atoms with E-state index in [2.05, 4.69) is 0 Å². The number of hydrogen-bond acceptors (Lipinski definition) is 9. The van der Waals surface area contributed by atoms with Crippen LogP contribution in [0.3, 0.4) is 0 Å². The fourth-order valence-electron chi connectivity index (χ4n) is 10.3. The van der Waals surface area contributed by atoms with E-state index in [0.717, 1.165) is 16.7 Å². The summed E-state index contributed by atoms with van der Waals surface area (Å²) in [5, 5.41) is 11.4. The molecule has 0 bridgehead atoms. The molecule has 2 aliphatic carbocycles. The minimum absolute atomic E-state index is 0.109. The third-order valence-corrected chi connectivity index (χ3v) is 13.3. The van der Waals surface area contributed by atoms with Crippen molar-refractivity contribution >= 4 is 58.8 Å². The number of halogens is 1. The lowest BCUT2D eigenvalue weighted by atomic mass is 9.49. The SMILES string of the molecule is COc1ccc(OC)c(C=Cc2ccc(N3C(=O)C4CC=C5C(CC6C(=O)N(c7cccc(Cl)c7)C(=O)C6(c6ccccc6)C5c5cc(OC)c(O)c(OC)c5)C4C3=O)cc2)c1. The number of aromatic hydroxyl groups is 1. The molecule has 12 heteroatoms. The van der Waals surface area contributed by atoms with E-state index >= 15 is 9.59 Å². The highest BCUT2D eigenvalue weighted by molar-refractivity contribution is 6.32. The van der Waals surface area contributed by atoms with E-state index in [1.165, 1.54) is 24.0 Å². The van der Waals surface area contributed by atoms with Crippen LogP contribution in [0, 0.1) is 23.7 Å². The topological polar surface area (TPSA) is 132 Å². The minimum atomic E-state index is -1.52. The summed E-state index contributed by atoms with van der Waals surface area (Å²) < 4.78 is 22.2. The number of nitrogens with zero attached hydrogens (tertiary/aromatic N) is 2. The van der Waals surface area contributed by atoms with Crippen LogP contribution in [-0.4, -0.2) is 57.2 Å². The largest absolute Gasteiger partial charge is 0.502 e. The molecular weight excluding hydrogens is 808 g/mol. The molecule has 5 aromatic rings. The number of methoxy groups -OCH3 is 4. The first-order valence-electron chi connectivity index (χ1n) is 20.3. The first kappa shape index (κ1) is 40.6. The molecule has 11 nitrogen and oxygen atoms in total. The fourth-order valence-corrected chi connectivity index (χ4v) is 10.5. The number of anilines is 2. The Morgan fingerprint density at radius 1 is 0.677 bits per heavy atom. The minimum Gasteiger partial charge on any atom is -0.502 e. The van der Waals surface area contributed by atoms with Crippen LogP contribution in [0.5, 0.6) is 28.7 Å². The molecule has 1 saturated carbocycles. The highest BCUT2D eigenvalue weighted by atomic mass is 35.5. The van der Waals surface area contributed by atoms with Crippen LogP contribution in [0.4, 0.5) is 11.4 Å². The maximum Gasteiger partial charge on any atom is 0.246 e. The summed E-state index contributed by atoms with van der Waals surface area (Å²) in [5.41, 5.74) is 2.80. The molecule has 0 spiro atoms. The molecule has 0 radical (unpaired) electrons. The summed E-state index contributed by atoms with van der Waals surface area (Å²) in [5.74, 6) is -4.16. The van der Waals surface area contributed by atoms with E-state index in [0.29, 0.717) is 39.0 Å². The molecule has 6 unspecified atom stereocenters. The zero-order valence-electron chi connectivity index (χ0n) is 34.4. The van der Waals surface area contributed by atoms with Crippen molar-refractivity contribution in [1.29, 1.82) is 0 Å². The summed E-state index contributed by atoms with van der Waals surface area (Å²) in [7, 11) is 6.04. The van der Waals surface area contributed by atoms with Crippen LogP contribution in [0.25, 0.3) is 12.2 Å². The summed E-state index contributed by atoms with van der Waals surface area (Å²) in [6.07, 6.45) is 6.15. The number of allylic oxidation sites excluding steroid dienone is 2. The molecule has 9 rings (SSSR count). The van der Waals surface area contributed by atoms with Crippen LogP contribution in [-0.2, 0) is 24.6 Å². The first-order chi connectivity index (χ1) is 30.0. The van der Waals surface area contributed by atoms with Gasteiger partial charge in [-0.2, -0.15) is 0 Å². The van der Waals surface area contributed by atoms with Gasteiger partial charge < -0.3 is 24.1 Å². The number of hydrogen-bond donors (Lipinski definition) is 1. The predicted octanol–water partition coefficient (Wildman–Crippen LogP) is 8.62. The Hall–Kier alpha value is -6.85. The number of carbonyl (C=O) groups is 4. The van der Waals surface area contributed by atoms with Gasteiger partial charge in [-0.3, -0.25) is 24.1 Å². The van der Waals surface area contributed by atoms with Gasteiger partial charge in [0, 0.05) is 16.5 Å². The van der Waals surface area contributed by atoms with E-state index < -0.39 is 46.8 Å². The number of amides is 4. The summed E-state index contributed by atoms with van der Waals surface area (Å²) >= 11 is 6.46. The van der Waals surface area contributed by atoms with Crippen molar-refractivity contribution in [2.45, 2.75) is 24.2 Å². The average molecular weight is 851 g/mol. The number of benzene rings is 5. The number of ether oxygens (including phenoxy) is 4. The van der Waals surface area contributed by atoms with Gasteiger partial charge in [-0.25, -0.2) is 4.90 Å². The quantitative estimate of drug-likeness (QED) is 0.0834. The molecule has 6 atom stereocenters. The normalized spacial score (nSPS) is 24.1. The fraction of sp³-hybridized carbons (Fsp3) is 0.240. The second-order valence-corrected chi connectivity index (χ2v) is 16.3. The summed E-state index contributed by atoms with van der Waals surface area (Å²) in [6.45, 7) is 0. The number of carbonyl (C=O) groups excluding carboxylic acids is 4. The van der Waals surface area contributed by atoms with Gasteiger partial charge >= 0.3 is 0 Å². The highest BCUT2D eigenvalue weighted by Crippen LogP contribution is 2.65. The van der Waals surface area contributed by atoms with Crippen molar-refractivity contribution in [3.8, 4) is 28.7 Å². The Balaban J connectivity index is 1.15. The first-order valence-corrected chi connectivity index (χ1v) is 20.7. The maximum atomic E-state index is 15.6. The molecule has 4 amide bonds. The molecule has 5 aromatic carbocycles. The molecule has 4 aliphatic rings. The van der Waals surface area contributed by atoms with Gasteiger partial charge in [-0.1, -0.05) is 83.9 Å². The van der Waals surface area contributed by atoms with Crippen molar-refractivity contribution in [2.75, 3.05) is 38.2 Å². The van der Waals surface area contributed by atoms with Gasteiger partial charge in [0.2, 0.25) is 29.4 Å². The Bertz CT molecular complexity index is 2670. The molecular formula is C50H43ClN2O9. The number of imide groups is 2. The highest BCUT2D eigenvalue weighted by Gasteiger charge is 2.70. The molecule has 1 N–H and O–H groups in total. The maximum absolute atomic E-state index is 15.6. The van der Waals surface area contributed by atoms with Gasteiger partial charge in [0.05, 0.1) is 63.0 Å². The monoisotopic (exact) mass is 850 g/mol. The van der Waals surface area contributed by atoms with Gasteiger partial charge in [-0.15, -0.1) is 0 Å². The Morgan fingerprint density at radius 2 is 1.39 bits per heavy atom. The van der Waals surface area contributed by atoms with Crippen molar-refractivity contribution in [1.82, 2.24) is 0 Å². The molecule has 2 heterocycles. The molecule has 62 heavy (non-hydrogen) atoms. The van der Waals surface area contributed by atoms with E-state index in [-0.39, 0.29) is 41.9 Å². The number of phenols is 1. The van der Waals surface area contributed by atoms with Crippen LogP contribution >= 0.6 is 11.6 Å². The van der Waals surface area contributed by atoms with Crippen LogP contribution < -0.4 is 28.7 Å². The molecule has 0 aromatic heterocycles. The lowest BCUT2D eigenvalue weighted by Gasteiger charge is -2.50. The van der Waals surface area contributed by atoms with Crippen LogP contribution in [0.1, 0.15) is 41.0 Å². The molecule has 314 valence electrons. The van der Waals surface area contributed by atoms with Crippen LogP contribution in [0.2, 0.25) is 5.02 Å². The van der Waals surface area contributed by atoms with Crippen molar-refractivity contribution in [3.05, 3.63) is 148 Å². The predicted molar refractivity (Wildman–Crippen MR) is 235 cm³/mol. The summed E-state index contributed by atoms with van der Waals surface area (Å²) in [6, 6.07) is 31.9. The second-order valence-electron chi connectivity index (χ2n) is 15.9. The van der Waals surface area contributed by atoms with E-state index in [1.807, 2.05) is 78.9 Å². The third kappa shape index (κ3) is 6.24. The van der Waals surface area contributed by atoms with E-state index in [9.17, 15) is 14.7 Å². The lowest BCUT2D eigenvalue weighted by Crippen LogP contribution is -2.53. The number of fused-ring (bicyclic) bond motifs is 4. The van der Waals surface area contributed by atoms with Crippen molar-refractivity contribution in [3.63, 3.8) is 0 Å². The smallest absolute Gasteiger partial charge is 0.246 e. The Morgan fingerprint density at radius 3 is 2.05 bits per heavy atom. The molecule has 2 saturated heterocycles. The zero-order valence-corrected chi connectivity index (χ0v) is 35.2. The number of rotatable bonds is 10. The summed E-state index contributed by atoms with van der Waals surface area (Å²) in [4.78, 5) is 62.6. The van der Waals surface area contributed by atoms with Gasteiger partial charge in [0.15, 0.2) is 11.5 Å².